The maximum Gasteiger partial charge on any atom is 0.333 e. The summed E-state index contributed by atoms with van der Waals surface area (Å²) in [5, 5.41) is 0.498. The molecule has 0 bridgehead atoms. The van der Waals surface area contributed by atoms with Gasteiger partial charge < -0.3 is 9.72 Å². The Bertz CT molecular complexity index is 1390. The number of methoxy groups -OCH3 is 1. The molecular formula is C19H12Cl2FN3O3S. The zero-order valence-corrected chi connectivity index (χ0v) is 17.4. The van der Waals surface area contributed by atoms with Gasteiger partial charge in [-0.2, -0.15) is 0 Å². The van der Waals surface area contributed by atoms with Crippen LogP contribution in [0.3, 0.4) is 0 Å². The summed E-state index contributed by atoms with van der Waals surface area (Å²) in [7, 11) is 1.35. The van der Waals surface area contributed by atoms with Crippen molar-refractivity contribution in [2.24, 2.45) is 0 Å². The zero-order chi connectivity index (χ0) is 20.9. The molecule has 0 fully saturated rings. The van der Waals surface area contributed by atoms with Crippen molar-refractivity contribution in [1.29, 1.82) is 0 Å². The van der Waals surface area contributed by atoms with Gasteiger partial charge in [0.2, 0.25) is 0 Å². The molecule has 0 saturated carbocycles. The highest BCUT2D eigenvalue weighted by molar-refractivity contribution is 7.22. The number of nitrogens with zero attached hydrogens (tertiary/aromatic N) is 2. The van der Waals surface area contributed by atoms with Gasteiger partial charge in [0.15, 0.2) is 11.6 Å². The number of pyridine rings is 1. The number of aromatic nitrogens is 3. The third-order valence-corrected chi connectivity index (χ3v) is 6.30. The van der Waals surface area contributed by atoms with Crippen LogP contribution in [0.4, 0.5) is 4.39 Å². The second-order valence-corrected chi connectivity index (χ2v) is 8.02. The molecule has 10 heteroatoms. The van der Waals surface area contributed by atoms with Crippen LogP contribution in [0.25, 0.3) is 26.3 Å². The van der Waals surface area contributed by atoms with Crippen LogP contribution in [0.15, 0.2) is 40.2 Å². The molecule has 4 aromatic rings. The van der Waals surface area contributed by atoms with Crippen LogP contribution in [-0.4, -0.2) is 21.6 Å². The summed E-state index contributed by atoms with van der Waals surface area (Å²) >= 11 is 13.4. The van der Waals surface area contributed by atoms with Gasteiger partial charge in [0.1, 0.15) is 4.70 Å². The number of ether oxygens (including phenoxy) is 1. The predicted octanol–water partition coefficient (Wildman–Crippen LogP) is 4.57. The molecule has 1 aromatic carbocycles. The van der Waals surface area contributed by atoms with Gasteiger partial charge >= 0.3 is 5.69 Å². The molecule has 4 rings (SSSR count). The molecule has 0 amide bonds. The van der Waals surface area contributed by atoms with E-state index in [1.54, 1.807) is 13.0 Å². The van der Waals surface area contributed by atoms with E-state index in [-0.39, 0.29) is 10.8 Å². The van der Waals surface area contributed by atoms with Crippen molar-refractivity contribution in [1.82, 2.24) is 14.5 Å². The maximum absolute atomic E-state index is 13.9. The molecule has 0 unspecified atom stereocenters. The Morgan fingerprint density at radius 3 is 2.66 bits per heavy atom. The summed E-state index contributed by atoms with van der Waals surface area (Å²) in [5.41, 5.74) is 0.541. The number of benzene rings is 1. The Morgan fingerprint density at radius 1 is 1.17 bits per heavy atom. The fraction of sp³-hybridized carbons (Fsp3) is 0.105. The highest BCUT2D eigenvalue weighted by Crippen LogP contribution is 2.38. The van der Waals surface area contributed by atoms with E-state index in [2.05, 4.69) is 9.97 Å². The molecule has 6 nitrogen and oxygen atoms in total. The highest BCUT2D eigenvalue weighted by Gasteiger charge is 2.18. The molecule has 0 saturated heterocycles. The first kappa shape index (κ1) is 19.6. The first-order valence-corrected chi connectivity index (χ1v) is 9.81. The fourth-order valence-corrected chi connectivity index (χ4v) is 4.48. The number of hydrogen-bond acceptors (Lipinski definition) is 5. The van der Waals surface area contributed by atoms with Crippen LogP contribution in [0.5, 0.6) is 5.75 Å². The van der Waals surface area contributed by atoms with Crippen LogP contribution < -0.4 is 16.0 Å². The van der Waals surface area contributed by atoms with Gasteiger partial charge in [-0.3, -0.25) is 9.78 Å². The van der Waals surface area contributed by atoms with E-state index in [1.165, 1.54) is 25.6 Å². The summed E-state index contributed by atoms with van der Waals surface area (Å²) in [4.78, 5) is 32.9. The van der Waals surface area contributed by atoms with Gasteiger partial charge in [-0.15, -0.1) is 11.3 Å². The van der Waals surface area contributed by atoms with Crippen molar-refractivity contribution in [3.05, 3.63) is 72.9 Å². The van der Waals surface area contributed by atoms with E-state index < -0.39 is 17.1 Å². The first-order chi connectivity index (χ1) is 13.8. The number of fused-ring (bicyclic) bond motifs is 1. The lowest BCUT2D eigenvalue weighted by atomic mass is 10.1. The van der Waals surface area contributed by atoms with Crippen LogP contribution >= 0.6 is 34.5 Å². The standard InChI is InChI=1S/C19H12Cl2FN3O3S/c1-8-11(21)6-23-7-14(8)25-18(26)17-13(24-19(25)27)5-16(29-17)9-3-15(28-2)12(22)4-10(9)20/h3-7H,1-2H3,(H,24,27). The fourth-order valence-electron chi connectivity index (χ4n) is 2.95. The summed E-state index contributed by atoms with van der Waals surface area (Å²) in [5.74, 6) is -0.574. The summed E-state index contributed by atoms with van der Waals surface area (Å²) in [6.45, 7) is 1.69. The van der Waals surface area contributed by atoms with Gasteiger partial charge in [-0.25, -0.2) is 13.8 Å². The van der Waals surface area contributed by atoms with Crippen molar-refractivity contribution < 1.29 is 9.13 Å². The number of halogens is 3. The molecule has 148 valence electrons. The van der Waals surface area contributed by atoms with Crippen LogP contribution in [0.1, 0.15) is 5.56 Å². The van der Waals surface area contributed by atoms with Gasteiger partial charge in [-0.1, -0.05) is 23.2 Å². The average Bonchev–Trinajstić information content (AvgIpc) is 3.09. The van der Waals surface area contributed by atoms with Gasteiger partial charge in [0.25, 0.3) is 5.56 Å². The predicted molar refractivity (Wildman–Crippen MR) is 113 cm³/mol. The number of nitrogens with one attached hydrogen (secondary N) is 1. The molecule has 0 aliphatic carbocycles. The lowest BCUT2D eigenvalue weighted by Gasteiger charge is -2.08. The molecule has 0 aliphatic rings. The van der Waals surface area contributed by atoms with E-state index >= 15 is 0 Å². The third kappa shape index (κ3) is 3.23. The molecule has 0 atom stereocenters. The van der Waals surface area contributed by atoms with Gasteiger partial charge in [0.05, 0.1) is 34.6 Å². The third-order valence-electron chi connectivity index (χ3n) is 4.45. The molecule has 0 spiro atoms. The second-order valence-electron chi connectivity index (χ2n) is 6.16. The maximum atomic E-state index is 13.9. The second kappa shape index (κ2) is 7.29. The van der Waals surface area contributed by atoms with Crippen molar-refractivity contribution in [3.63, 3.8) is 0 Å². The molecule has 0 aliphatic heterocycles. The van der Waals surface area contributed by atoms with Crippen LogP contribution in [0.2, 0.25) is 10.0 Å². The quantitative estimate of drug-likeness (QED) is 0.494. The summed E-state index contributed by atoms with van der Waals surface area (Å²) in [6.07, 6.45) is 2.84. The van der Waals surface area contributed by atoms with Gasteiger partial charge in [-0.05, 0) is 30.7 Å². The number of rotatable bonds is 3. The monoisotopic (exact) mass is 451 g/mol. The van der Waals surface area contributed by atoms with Crippen molar-refractivity contribution >= 4 is 44.8 Å². The Balaban J connectivity index is 1.98. The summed E-state index contributed by atoms with van der Waals surface area (Å²) < 4.78 is 20.2. The number of thiophene rings is 1. The van der Waals surface area contributed by atoms with E-state index in [0.29, 0.717) is 36.9 Å². The number of aromatic amines is 1. The minimum absolute atomic E-state index is 0.0217. The van der Waals surface area contributed by atoms with E-state index in [1.807, 2.05) is 0 Å². The Kier molecular flexibility index (Phi) is 4.94. The average molecular weight is 452 g/mol. The topological polar surface area (TPSA) is 77.0 Å². The Morgan fingerprint density at radius 2 is 1.93 bits per heavy atom. The first-order valence-electron chi connectivity index (χ1n) is 8.24. The van der Waals surface area contributed by atoms with Crippen molar-refractivity contribution in [3.8, 4) is 21.9 Å². The number of H-pyrrole nitrogens is 1. The highest BCUT2D eigenvalue weighted by atomic mass is 35.5. The largest absolute Gasteiger partial charge is 0.494 e. The van der Waals surface area contributed by atoms with Crippen LogP contribution in [-0.2, 0) is 0 Å². The molecule has 3 heterocycles. The molecule has 1 N–H and O–H groups in total. The lowest BCUT2D eigenvalue weighted by molar-refractivity contribution is 0.387. The van der Waals surface area contributed by atoms with Crippen molar-refractivity contribution in [2.45, 2.75) is 6.92 Å². The smallest absolute Gasteiger partial charge is 0.333 e. The van der Waals surface area contributed by atoms with E-state index in [4.69, 9.17) is 27.9 Å². The lowest BCUT2D eigenvalue weighted by Crippen LogP contribution is -2.33. The SMILES string of the molecule is COc1cc(-c2cc3[nH]c(=O)n(-c4cncc(Cl)c4C)c(=O)c3s2)c(Cl)cc1F. The molecule has 3 aromatic heterocycles. The Hall–Kier alpha value is -2.68. The van der Waals surface area contributed by atoms with E-state index in [0.717, 1.165) is 22.0 Å². The van der Waals surface area contributed by atoms with Crippen molar-refractivity contribution in [2.75, 3.05) is 7.11 Å². The minimum Gasteiger partial charge on any atom is -0.494 e. The minimum atomic E-state index is -0.623. The molecular weight excluding hydrogens is 440 g/mol. The van der Waals surface area contributed by atoms with E-state index in [9.17, 15) is 14.0 Å². The molecule has 29 heavy (non-hydrogen) atoms. The number of hydrogen-bond donors (Lipinski definition) is 1. The summed E-state index contributed by atoms with van der Waals surface area (Å²) in [6, 6.07) is 4.21. The Labute approximate surface area is 177 Å². The van der Waals surface area contributed by atoms with Gasteiger partial charge in [0, 0.05) is 16.6 Å². The molecule has 0 radical (unpaired) electrons. The zero-order valence-electron chi connectivity index (χ0n) is 15.0. The normalized spacial score (nSPS) is 11.2. The van der Waals surface area contributed by atoms with Crippen LogP contribution in [0, 0.1) is 12.7 Å².